The van der Waals surface area contributed by atoms with Crippen LogP contribution in [0, 0.1) is 0 Å². The minimum Gasteiger partial charge on any atom is -0.489 e. The summed E-state index contributed by atoms with van der Waals surface area (Å²) in [5.74, 6) is 1.00. The van der Waals surface area contributed by atoms with Crippen LogP contribution in [0.15, 0.2) is 84.9 Å². The van der Waals surface area contributed by atoms with Crippen LogP contribution in [0.5, 0.6) is 5.75 Å². The second-order valence-corrected chi connectivity index (χ2v) is 7.95. The zero-order valence-corrected chi connectivity index (χ0v) is 18.8. The summed E-state index contributed by atoms with van der Waals surface area (Å²) in [6, 6.07) is 28.1. The molecule has 1 atom stereocenters. The highest BCUT2D eigenvalue weighted by molar-refractivity contribution is 6.01. The van der Waals surface area contributed by atoms with E-state index >= 15 is 0 Å². The molecule has 1 fully saturated rings. The molecule has 1 saturated heterocycles. The van der Waals surface area contributed by atoms with Crippen molar-refractivity contribution in [2.24, 2.45) is 0 Å². The molecule has 168 valence electrons. The fourth-order valence-corrected chi connectivity index (χ4v) is 3.66. The van der Waals surface area contributed by atoms with E-state index in [1.54, 1.807) is 0 Å². The number of carbonyl (C=O) groups excluding carboxylic acids is 1. The SMILES string of the molecule is CCCCCCO.O=C1CC(c2ccc(OCc3ccccc3)cc2)N1c1ccccc1. The van der Waals surface area contributed by atoms with E-state index in [4.69, 9.17) is 9.84 Å². The van der Waals surface area contributed by atoms with Crippen molar-refractivity contribution in [1.29, 1.82) is 0 Å². The number of hydrogen-bond acceptors (Lipinski definition) is 3. The van der Waals surface area contributed by atoms with E-state index in [1.165, 1.54) is 19.3 Å². The lowest BCUT2D eigenvalue weighted by Gasteiger charge is -2.40. The quantitative estimate of drug-likeness (QED) is 0.319. The third-order valence-electron chi connectivity index (χ3n) is 5.51. The minimum absolute atomic E-state index is 0.109. The lowest BCUT2D eigenvalue weighted by Crippen LogP contribution is -2.46. The minimum atomic E-state index is 0.109. The Morgan fingerprint density at radius 1 is 0.875 bits per heavy atom. The Hall–Kier alpha value is -3.11. The molecule has 1 aliphatic rings. The number of β-lactam (4-membered cyclic amide) rings is 1. The fraction of sp³-hybridized carbons (Fsp3) is 0.321. The number of anilines is 1. The molecule has 4 heteroatoms. The summed E-state index contributed by atoms with van der Waals surface area (Å²) in [6.07, 6.45) is 5.24. The van der Waals surface area contributed by atoms with E-state index in [2.05, 4.69) is 6.92 Å². The van der Waals surface area contributed by atoms with Crippen molar-refractivity contribution in [3.8, 4) is 5.75 Å². The molecule has 1 N–H and O–H groups in total. The zero-order chi connectivity index (χ0) is 22.6. The predicted octanol–water partition coefficient (Wildman–Crippen LogP) is 6.30. The van der Waals surface area contributed by atoms with Gasteiger partial charge < -0.3 is 14.7 Å². The van der Waals surface area contributed by atoms with Gasteiger partial charge in [-0.3, -0.25) is 4.79 Å². The molecule has 1 amide bonds. The Balaban J connectivity index is 0.000000360. The number of ether oxygens (including phenoxy) is 1. The number of unbranched alkanes of at least 4 members (excludes halogenated alkanes) is 3. The molecule has 0 spiro atoms. The summed E-state index contributed by atoms with van der Waals surface area (Å²) >= 11 is 0. The number of aliphatic hydroxyl groups is 1. The molecule has 1 unspecified atom stereocenters. The van der Waals surface area contributed by atoms with Gasteiger partial charge in [-0.15, -0.1) is 0 Å². The lowest BCUT2D eigenvalue weighted by atomic mass is 9.93. The van der Waals surface area contributed by atoms with Crippen LogP contribution in [0.2, 0.25) is 0 Å². The number of para-hydroxylation sites is 1. The van der Waals surface area contributed by atoms with Gasteiger partial charge in [0.1, 0.15) is 12.4 Å². The molecule has 0 bridgehead atoms. The highest BCUT2D eigenvalue weighted by atomic mass is 16.5. The molecule has 4 nitrogen and oxygen atoms in total. The standard InChI is InChI=1S/C22H19NO2.C6H14O/c24-22-15-21(23(22)19-9-5-2-6-10-19)18-11-13-20(14-12-18)25-16-17-7-3-1-4-8-17;1-2-3-4-5-6-7/h1-14,21H,15-16H2;7H,2-6H2,1H3. The molecule has 1 heterocycles. The van der Waals surface area contributed by atoms with Gasteiger partial charge in [-0.1, -0.05) is 86.8 Å². The Kier molecular flexibility index (Phi) is 9.33. The van der Waals surface area contributed by atoms with Crippen molar-refractivity contribution in [3.05, 3.63) is 96.1 Å². The van der Waals surface area contributed by atoms with Gasteiger partial charge >= 0.3 is 0 Å². The molecule has 0 radical (unpaired) electrons. The van der Waals surface area contributed by atoms with Gasteiger partial charge in [-0.25, -0.2) is 0 Å². The first-order chi connectivity index (χ1) is 15.7. The van der Waals surface area contributed by atoms with E-state index in [-0.39, 0.29) is 11.9 Å². The first-order valence-electron chi connectivity index (χ1n) is 11.5. The van der Waals surface area contributed by atoms with E-state index < -0.39 is 0 Å². The van der Waals surface area contributed by atoms with E-state index in [0.717, 1.165) is 29.0 Å². The normalized spacial score (nSPS) is 14.9. The maximum atomic E-state index is 12.0. The van der Waals surface area contributed by atoms with Crippen LogP contribution in [0.1, 0.15) is 56.2 Å². The zero-order valence-electron chi connectivity index (χ0n) is 18.8. The highest BCUT2D eigenvalue weighted by Gasteiger charge is 2.38. The molecular formula is C28H33NO3. The first kappa shape index (κ1) is 23.6. The van der Waals surface area contributed by atoms with Crippen molar-refractivity contribution in [2.45, 2.75) is 51.7 Å². The van der Waals surface area contributed by atoms with Crippen molar-refractivity contribution >= 4 is 11.6 Å². The van der Waals surface area contributed by atoms with Gasteiger partial charge in [0.2, 0.25) is 5.91 Å². The number of aliphatic hydroxyl groups excluding tert-OH is 1. The summed E-state index contributed by atoms with van der Waals surface area (Å²) in [5, 5.41) is 8.29. The van der Waals surface area contributed by atoms with Gasteiger partial charge in [0.05, 0.1) is 12.5 Å². The second-order valence-electron chi connectivity index (χ2n) is 7.95. The van der Waals surface area contributed by atoms with Crippen LogP contribution in [0.4, 0.5) is 5.69 Å². The maximum Gasteiger partial charge on any atom is 0.230 e. The van der Waals surface area contributed by atoms with E-state index in [9.17, 15) is 4.79 Å². The molecule has 3 aromatic carbocycles. The van der Waals surface area contributed by atoms with Gasteiger partial charge in [0.25, 0.3) is 0 Å². The lowest BCUT2D eigenvalue weighted by molar-refractivity contribution is -0.124. The molecule has 32 heavy (non-hydrogen) atoms. The predicted molar refractivity (Wildman–Crippen MR) is 130 cm³/mol. The number of amides is 1. The van der Waals surface area contributed by atoms with Gasteiger partial charge in [-0.05, 0) is 41.8 Å². The summed E-state index contributed by atoms with van der Waals surface area (Å²) in [4.78, 5) is 13.9. The number of benzene rings is 3. The smallest absolute Gasteiger partial charge is 0.230 e. The van der Waals surface area contributed by atoms with Crippen LogP contribution in [-0.4, -0.2) is 17.6 Å². The summed E-state index contributed by atoms with van der Waals surface area (Å²) < 4.78 is 5.83. The average molecular weight is 432 g/mol. The second kappa shape index (κ2) is 12.7. The number of rotatable bonds is 9. The largest absolute Gasteiger partial charge is 0.489 e. The molecule has 0 aliphatic carbocycles. The Labute approximate surface area is 191 Å². The van der Waals surface area contributed by atoms with Crippen LogP contribution in [-0.2, 0) is 11.4 Å². The fourth-order valence-electron chi connectivity index (χ4n) is 3.66. The maximum absolute atomic E-state index is 12.0. The average Bonchev–Trinajstić information content (AvgIpc) is 2.84. The molecule has 4 rings (SSSR count). The number of carbonyl (C=O) groups is 1. The summed E-state index contributed by atoms with van der Waals surface area (Å²) in [5.41, 5.74) is 3.23. The third-order valence-corrected chi connectivity index (χ3v) is 5.51. The topological polar surface area (TPSA) is 49.8 Å². The van der Waals surface area contributed by atoms with Crippen molar-refractivity contribution < 1.29 is 14.6 Å². The van der Waals surface area contributed by atoms with Crippen LogP contribution in [0.3, 0.4) is 0 Å². The third kappa shape index (κ3) is 6.69. The van der Waals surface area contributed by atoms with Gasteiger partial charge in [0, 0.05) is 12.3 Å². The molecular weight excluding hydrogens is 398 g/mol. The number of hydrogen-bond donors (Lipinski definition) is 1. The van der Waals surface area contributed by atoms with Crippen molar-refractivity contribution in [1.82, 2.24) is 0 Å². The Bertz CT molecular complexity index is 922. The Morgan fingerprint density at radius 2 is 1.53 bits per heavy atom. The first-order valence-corrected chi connectivity index (χ1v) is 11.5. The van der Waals surface area contributed by atoms with Crippen LogP contribution >= 0.6 is 0 Å². The summed E-state index contributed by atoms with van der Waals surface area (Å²) in [6.45, 7) is 3.08. The molecule has 3 aromatic rings. The Morgan fingerprint density at radius 3 is 2.12 bits per heavy atom. The summed E-state index contributed by atoms with van der Waals surface area (Å²) in [7, 11) is 0. The molecule has 0 saturated carbocycles. The van der Waals surface area contributed by atoms with E-state index in [0.29, 0.717) is 19.6 Å². The van der Waals surface area contributed by atoms with Crippen molar-refractivity contribution in [2.75, 3.05) is 11.5 Å². The van der Waals surface area contributed by atoms with Crippen LogP contribution in [0.25, 0.3) is 0 Å². The van der Waals surface area contributed by atoms with E-state index in [1.807, 2.05) is 89.8 Å². The highest BCUT2D eigenvalue weighted by Crippen LogP contribution is 2.39. The number of nitrogens with zero attached hydrogens (tertiary/aromatic N) is 1. The van der Waals surface area contributed by atoms with Crippen LogP contribution < -0.4 is 9.64 Å². The molecule has 0 aromatic heterocycles. The molecule has 1 aliphatic heterocycles. The van der Waals surface area contributed by atoms with Gasteiger partial charge in [-0.2, -0.15) is 0 Å². The monoisotopic (exact) mass is 431 g/mol. The van der Waals surface area contributed by atoms with Crippen molar-refractivity contribution in [3.63, 3.8) is 0 Å². The van der Waals surface area contributed by atoms with Gasteiger partial charge in [0.15, 0.2) is 0 Å².